The van der Waals surface area contributed by atoms with E-state index in [4.69, 9.17) is 0 Å². The maximum atomic E-state index is 13.4. The van der Waals surface area contributed by atoms with Crippen molar-refractivity contribution < 1.29 is 17.7 Å². The molecule has 0 aliphatic carbocycles. The van der Waals surface area contributed by atoms with Crippen LogP contribution in [-0.4, -0.2) is 44.4 Å². The zero-order valence-corrected chi connectivity index (χ0v) is 12.7. The van der Waals surface area contributed by atoms with Gasteiger partial charge < -0.3 is 4.90 Å². The van der Waals surface area contributed by atoms with Crippen molar-refractivity contribution in [1.82, 2.24) is 9.62 Å². The van der Waals surface area contributed by atoms with Gasteiger partial charge in [-0.15, -0.1) is 0 Å². The molecular formula is C12H18FN3O4S. The summed E-state index contributed by atoms with van der Waals surface area (Å²) in [5.74, 6) is -1.17. The Morgan fingerprint density at radius 2 is 1.95 bits per heavy atom. The molecular weight excluding hydrogens is 301 g/mol. The molecule has 118 valence electrons. The van der Waals surface area contributed by atoms with Crippen LogP contribution in [0.3, 0.4) is 0 Å². The van der Waals surface area contributed by atoms with E-state index in [0.29, 0.717) is 6.54 Å². The van der Waals surface area contributed by atoms with Crippen molar-refractivity contribution in [3.8, 4) is 0 Å². The van der Waals surface area contributed by atoms with Crippen LogP contribution in [0.25, 0.3) is 0 Å². The lowest BCUT2D eigenvalue weighted by Gasteiger charge is -2.18. The zero-order chi connectivity index (χ0) is 16.0. The van der Waals surface area contributed by atoms with Crippen LogP contribution in [0.2, 0.25) is 0 Å². The molecule has 0 unspecified atom stereocenters. The van der Waals surface area contributed by atoms with Gasteiger partial charge in [-0.1, -0.05) is 19.9 Å². The molecule has 1 N–H and O–H groups in total. The second-order valence-electron chi connectivity index (χ2n) is 4.27. The smallest absolute Gasteiger partial charge is 0.303 e. The summed E-state index contributed by atoms with van der Waals surface area (Å²) in [6.45, 7) is 5.97. The lowest BCUT2D eigenvalue weighted by molar-refractivity contribution is -0.390. The molecule has 0 saturated carbocycles. The van der Waals surface area contributed by atoms with Crippen molar-refractivity contribution in [2.75, 3.05) is 26.2 Å². The predicted octanol–water partition coefficient (Wildman–Crippen LogP) is 1.35. The normalized spacial score (nSPS) is 11.8. The molecule has 0 bridgehead atoms. The molecule has 0 amide bonds. The predicted molar refractivity (Wildman–Crippen MR) is 76.0 cm³/mol. The van der Waals surface area contributed by atoms with Gasteiger partial charge >= 0.3 is 5.69 Å². The van der Waals surface area contributed by atoms with Gasteiger partial charge in [0.2, 0.25) is 15.8 Å². The molecule has 0 radical (unpaired) electrons. The van der Waals surface area contributed by atoms with Gasteiger partial charge in [-0.25, -0.2) is 13.1 Å². The number of hydrogen-bond acceptors (Lipinski definition) is 5. The summed E-state index contributed by atoms with van der Waals surface area (Å²) in [5, 5.41) is 10.8. The summed E-state index contributed by atoms with van der Waals surface area (Å²) in [6.07, 6.45) is 0. The number of nitrogens with zero attached hydrogens (tertiary/aromatic N) is 2. The van der Waals surface area contributed by atoms with E-state index in [1.54, 1.807) is 0 Å². The third-order valence-corrected chi connectivity index (χ3v) is 4.53. The van der Waals surface area contributed by atoms with E-state index in [9.17, 15) is 22.9 Å². The largest absolute Gasteiger partial charge is 0.324 e. The minimum absolute atomic E-state index is 0.0949. The van der Waals surface area contributed by atoms with E-state index < -0.39 is 31.3 Å². The Morgan fingerprint density at radius 3 is 2.48 bits per heavy atom. The molecule has 0 aliphatic rings. The van der Waals surface area contributed by atoms with Crippen LogP contribution in [0.1, 0.15) is 13.8 Å². The Hall–Kier alpha value is -1.58. The van der Waals surface area contributed by atoms with Crippen LogP contribution in [0.15, 0.2) is 23.1 Å². The van der Waals surface area contributed by atoms with Crippen molar-refractivity contribution in [3.05, 3.63) is 34.1 Å². The molecule has 1 aromatic rings. The van der Waals surface area contributed by atoms with E-state index >= 15 is 0 Å². The molecule has 21 heavy (non-hydrogen) atoms. The van der Waals surface area contributed by atoms with E-state index in [-0.39, 0.29) is 6.54 Å². The van der Waals surface area contributed by atoms with Crippen LogP contribution in [0.4, 0.5) is 10.1 Å². The SMILES string of the molecule is CCN(CC)CCNS(=O)(=O)c1cccc(F)c1[N+](=O)[O-]. The topological polar surface area (TPSA) is 92.6 Å². The highest BCUT2D eigenvalue weighted by Gasteiger charge is 2.29. The van der Waals surface area contributed by atoms with Crippen LogP contribution >= 0.6 is 0 Å². The lowest BCUT2D eigenvalue weighted by atomic mass is 10.3. The van der Waals surface area contributed by atoms with Gasteiger partial charge in [-0.3, -0.25) is 10.1 Å². The van der Waals surface area contributed by atoms with Crippen molar-refractivity contribution in [2.45, 2.75) is 18.7 Å². The van der Waals surface area contributed by atoms with Gasteiger partial charge in [0.15, 0.2) is 4.90 Å². The Labute approximate surface area is 123 Å². The van der Waals surface area contributed by atoms with E-state index in [1.807, 2.05) is 18.7 Å². The first-order valence-corrected chi connectivity index (χ1v) is 7.96. The number of nitrogens with one attached hydrogen (secondary N) is 1. The fourth-order valence-corrected chi connectivity index (χ4v) is 3.05. The first kappa shape index (κ1) is 17.5. The summed E-state index contributed by atoms with van der Waals surface area (Å²) in [7, 11) is -4.13. The molecule has 9 heteroatoms. The molecule has 0 aromatic heterocycles. The van der Waals surface area contributed by atoms with Crippen molar-refractivity contribution in [3.63, 3.8) is 0 Å². The Kier molecular flexibility index (Phi) is 6.19. The summed E-state index contributed by atoms with van der Waals surface area (Å²) < 4.78 is 39.8. The molecule has 7 nitrogen and oxygen atoms in total. The van der Waals surface area contributed by atoms with E-state index in [0.717, 1.165) is 31.3 Å². The molecule has 0 fully saturated rings. The number of nitro benzene ring substituents is 1. The maximum absolute atomic E-state index is 13.4. The molecule has 0 aliphatic heterocycles. The number of para-hydroxylation sites is 1. The average molecular weight is 319 g/mol. The minimum atomic E-state index is -4.13. The van der Waals surface area contributed by atoms with E-state index in [2.05, 4.69) is 4.72 Å². The van der Waals surface area contributed by atoms with Gasteiger partial charge in [-0.2, -0.15) is 4.39 Å². The van der Waals surface area contributed by atoms with Gasteiger partial charge in [0.25, 0.3) is 0 Å². The maximum Gasteiger partial charge on any atom is 0.324 e. The standard InChI is InChI=1S/C12H18FN3O4S/c1-3-15(4-2)9-8-14-21(19,20)11-7-5-6-10(13)12(11)16(17)18/h5-7,14H,3-4,8-9H2,1-2H3. The van der Waals surface area contributed by atoms with Crippen LogP contribution < -0.4 is 4.72 Å². The summed E-state index contributed by atoms with van der Waals surface area (Å²) in [6, 6.07) is 3.00. The Morgan fingerprint density at radius 1 is 1.33 bits per heavy atom. The van der Waals surface area contributed by atoms with Crippen molar-refractivity contribution in [1.29, 1.82) is 0 Å². The Bertz CT molecular complexity index is 603. The first-order chi connectivity index (χ1) is 9.83. The highest BCUT2D eigenvalue weighted by Crippen LogP contribution is 2.26. The van der Waals surface area contributed by atoms with E-state index in [1.165, 1.54) is 0 Å². The van der Waals surface area contributed by atoms with Crippen LogP contribution in [0.5, 0.6) is 0 Å². The fourth-order valence-electron chi connectivity index (χ4n) is 1.85. The van der Waals surface area contributed by atoms with Crippen molar-refractivity contribution >= 4 is 15.7 Å². The zero-order valence-electron chi connectivity index (χ0n) is 11.9. The highest BCUT2D eigenvalue weighted by atomic mass is 32.2. The highest BCUT2D eigenvalue weighted by molar-refractivity contribution is 7.89. The second kappa shape index (κ2) is 7.43. The van der Waals surface area contributed by atoms with Crippen LogP contribution in [0, 0.1) is 15.9 Å². The van der Waals surface area contributed by atoms with Crippen molar-refractivity contribution in [2.24, 2.45) is 0 Å². The molecule has 1 rings (SSSR count). The number of hydrogen-bond donors (Lipinski definition) is 1. The summed E-state index contributed by atoms with van der Waals surface area (Å²) >= 11 is 0. The summed E-state index contributed by atoms with van der Waals surface area (Å²) in [4.78, 5) is 11.1. The van der Waals surface area contributed by atoms with Gasteiger partial charge in [0, 0.05) is 13.1 Å². The number of rotatable bonds is 8. The third kappa shape index (κ3) is 4.45. The fraction of sp³-hybridized carbons (Fsp3) is 0.500. The Balaban J connectivity index is 2.94. The quantitative estimate of drug-likeness (QED) is 0.577. The van der Waals surface area contributed by atoms with Gasteiger partial charge in [-0.05, 0) is 25.2 Å². The second-order valence-corrected chi connectivity index (χ2v) is 6.00. The third-order valence-electron chi connectivity index (χ3n) is 3.04. The lowest BCUT2D eigenvalue weighted by Crippen LogP contribution is -2.35. The van der Waals surface area contributed by atoms with Gasteiger partial charge in [0.1, 0.15) is 0 Å². The number of sulfonamides is 1. The summed E-state index contributed by atoms with van der Waals surface area (Å²) in [5.41, 5.74) is -1.03. The molecule has 1 aromatic carbocycles. The molecule has 0 atom stereocenters. The molecule has 0 saturated heterocycles. The number of benzene rings is 1. The number of halogens is 1. The molecule has 0 spiro atoms. The minimum Gasteiger partial charge on any atom is -0.303 e. The van der Waals surface area contributed by atoms with Crippen LogP contribution in [-0.2, 0) is 10.0 Å². The average Bonchev–Trinajstić information content (AvgIpc) is 2.43. The monoisotopic (exact) mass is 319 g/mol. The number of nitro groups is 1. The first-order valence-electron chi connectivity index (χ1n) is 6.48. The molecule has 0 heterocycles. The number of likely N-dealkylation sites (N-methyl/N-ethyl adjacent to an activating group) is 1. The van der Waals surface area contributed by atoms with Gasteiger partial charge in [0.05, 0.1) is 4.92 Å².